The van der Waals surface area contributed by atoms with Gasteiger partial charge in [0, 0.05) is 17.3 Å². The van der Waals surface area contributed by atoms with Crippen molar-refractivity contribution < 1.29 is 9.53 Å². The summed E-state index contributed by atoms with van der Waals surface area (Å²) in [6.07, 6.45) is 9.10. The number of methoxy groups -OCH3 is 1. The first-order valence-corrected chi connectivity index (χ1v) is 11.9. The normalized spacial score (nSPS) is 28.8. The van der Waals surface area contributed by atoms with Crippen LogP contribution < -0.4 is 10.1 Å². The highest BCUT2D eigenvalue weighted by atomic mass is 16.5. The molecular weight excluding hydrogens is 386 g/mol. The van der Waals surface area contributed by atoms with Crippen LogP contribution in [0, 0.1) is 16.7 Å². The average Bonchev–Trinajstić information content (AvgIpc) is 3.30. The van der Waals surface area contributed by atoms with Crippen molar-refractivity contribution in [3.63, 3.8) is 0 Å². The number of fused-ring (bicyclic) bond motifs is 3. The lowest BCUT2D eigenvalue weighted by Gasteiger charge is -2.43. The maximum atomic E-state index is 13.6. The zero-order chi connectivity index (χ0) is 21.8. The number of ether oxygens (including phenoxy) is 1. The topological polar surface area (TPSA) is 56.2 Å². The summed E-state index contributed by atoms with van der Waals surface area (Å²) in [6.45, 7) is 7.04. The second-order valence-electron chi connectivity index (χ2n) is 10.8. The molecule has 1 heterocycles. The summed E-state index contributed by atoms with van der Waals surface area (Å²) < 4.78 is 7.32. The van der Waals surface area contributed by atoms with Crippen LogP contribution in [0.15, 0.2) is 24.3 Å². The first-order valence-electron chi connectivity index (χ1n) is 11.9. The zero-order valence-corrected chi connectivity index (χ0v) is 19.3. The quantitative estimate of drug-likeness (QED) is 0.699. The maximum Gasteiger partial charge on any atom is 0.272 e. The summed E-state index contributed by atoms with van der Waals surface area (Å²) in [5, 5.41) is 8.37. The molecule has 0 spiro atoms. The SMILES string of the molecule is COc1ccc(-n2nc(C(=O)NC3C4(C)CCC(C4)C3(C)C)c3c2CCCCC3)cc1. The molecule has 5 rings (SSSR count). The number of aromatic nitrogens is 2. The second kappa shape index (κ2) is 7.39. The molecule has 1 aromatic carbocycles. The highest BCUT2D eigenvalue weighted by Crippen LogP contribution is 2.62. The zero-order valence-electron chi connectivity index (χ0n) is 19.3. The number of hydrogen-bond donors (Lipinski definition) is 1. The predicted molar refractivity (Wildman–Crippen MR) is 122 cm³/mol. The van der Waals surface area contributed by atoms with Gasteiger partial charge in [-0.05, 0) is 86.0 Å². The fourth-order valence-electron chi connectivity index (χ4n) is 6.76. The minimum absolute atomic E-state index is 0.0114. The molecule has 31 heavy (non-hydrogen) atoms. The second-order valence-corrected chi connectivity index (χ2v) is 10.8. The van der Waals surface area contributed by atoms with Gasteiger partial charge in [-0.3, -0.25) is 4.79 Å². The number of carbonyl (C=O) groups excluding carboxylic acids is 1. The number of hydrogen-bond acceptors (Lipinski definition) is 3. The summed E-state index contributed by atoms with van der Waals surface area (Å²) >= 11 is 0. The van der Waals surface area contributed by atoms with E-state index in [1.165, 1.54) is 31.4 Å². The number of carbonyl (C=O) groups is 1. The summed E-state index contributed by atoms with van der Waals surface area (Å²) in [5.41, 5.74) is 4.32. The molecule has 2 fully saturated rings. The molecule has 3 aliphatic carbocycles. The van der Waals surface area contributed by atoms with Crippen LogP contribution in [0.5, 0.6) is 5.75 Å². The van der Waals surface area contributed by atoms with Crippen LogP contribution in [0.3, 0.4) is 0 Å². The van der Waals surface area contributed by atoms with Gasteiger partial charge >= 0.3 is 0 Å². The summed E-state index contributed by atoms with van der Waals surface area (Å²) in [7, 11) is 1.68. The number of rotatable bonds is 4. The summed E-state index contributed by atoms with van der Waals surface area (Å²) in [6, 6.07) is 8.17. The van der Waals surface area contributed by atoms with Crippen LogP contribution in [0.4, 0.5) is 0 Å². The van der Waals surface area contributed by atoms with Gasteiger partial charge in [0.05, 0.1) is 12.8 Å². The van der Waals surface area contributed by atoms with Gasteiger partial charge in [-0.1, -0.05) is 27.2 Å². The Balaban J connectivity index is 1.50. The number of nitrogens with one attached hydrogen (secondary N) is 1. The molecular formula is C26H35N3O2. The van der Waals surface area contributed by atoms with Crippen molar-refractivity contribution >= 4 is 5.91 Å². The lowest BCUT2D eigenvalue weighted by molar-refractivity contribution is 0.0732. The largest absolute Gasteiger partial charge is 0.497 e. The molecule has 2 aromatic rings. The van der Waals surface area contributed by atoms with Gasteiger partial charge in [0.15, 0.2) is 5.69 Å². The maximum absolute atomic E-state index is 13.6. The fraction of sp³-hybridized carbons (Fsp3) is 0.615. The van der Waals surface area contributed by atoms with Crippen molar-refractivity contribution in [1.82, 2.24) is 15.1 Å². The molecule has 0 saturated heterocycles. The molecule has 2 saturated carbocycles. The lowest BCUT2D eigenvalue weighted by Crippen LogP contribution is -2.52. The van der Waals surface area contributed by atoms with Crippen LogP contribution in [-0.2, 0) is 12.8 Å². The molecule has 1 aromatic heterocycles. The van der Waals surface area contributed by atoms with Crippen molar-refractivity contribution in [2.24, 2.45) is 16.7 Å². The average molecular weight is 422 g/mol. The molecule has 3 atom stereocenters. The third-order valence-corrected chi connectivity index (χ3v) is 8.51. The van der Waals surface area contributed by atoms with Crippen molar-refractivity contribution in [2.45, 2.75) is 78.2 Å². The molecule has 0 radical (unpaired) electrons. The number of nitrogens with zero attached hydrogens (tertiary/aromatic N) is 2. The Morgan fingerprint density at radius 3 is 2.55 bits per heavy atom. The van der Waals surface area contributed by atoms with Crippen molar-refractivity contribution in [3.05, 3.63) is 41.2 Å². The number of amides is 1. The van der Waals surface area contributed by atoms with Gasteiger partial charge in [-0.2, -0.15) is 5.10 Å². The Labute approximate surface area is 185 Å². The van der Waals surface area contributed by atoms with E-state index in [2.05, 4.69) is 26.1 Å². The van der Waals surface area contributed by atoms with Crippen LogP contribution in [-0.4, -0.2) is 28.8 Å². The highest BCUT2D eigenvalue weighted by molar-refractivity contribution is 5.94. The van der Waals surface area contributed by atoms with Gasteiger partial charge in [-0.25, -0.2) is 4.68 Å². The van der Waals surface area contributed by atoms with E-state index < -0.39 is 0 Å². The Morgan fingerprint density at radius 1 is 1.13 bits per heavy atom. The third-order valence-electron chi connectivity index (χ3n) is 8.51. The smallest absolute Gasteiger partial charge is 0.272 e. The van der Waals surface area contributed by atoms with Crippen molar-refractivity contribution in [2.75, 3.05) is 7.11 Å². The molecule has 1 amide bonds. The fourth-order valence-corrected chi connectivity index (χ4v) is 6.76. The lowest BCUT2D eigenvalue weighted by atomic mass is 9.68. The molecule has 1 N–H and O–H groups in total. The van der Waals surface area contributed by atoms with Crippen LogP contribution in [0.1, 0.15) is 81.0 Å². The molecule has 2 bridgehead atoms. The first-order chi connectivity index (χ1) is 14.8. The Hall–Kier alpha value is -2.30. The van der Waals surface area contributed by atoms with Gasteiger partial charge in [0.2, 0.25) is 0 Å². The van der Waals surface area contributed by atoms with E-state index in [1.807, 2.05) is 28.9 Å². The van der Waals surface area contributed by atoms with Gasteiger partial charge in [0.1, 0.15) is 5.75 Å². The molecule has 0 aliphatic heterocycles. The first kappa shape index (κ1) is 20.6. The molecule has 5 nitrogen and oxygen atoms in total. The van der Waals surface area contributed by atoms with E-state index in [4.69, 9.17) is 9.84 Å². The molecule has 3 aliphatic rings. The van der Waals surface area contributed by atoms with E-state index >= 15 is 0 Å². The molecule has 166 valence electrons. The van der Waals surface area contributed by atoms with E-state index in [1.54, 1.807) is 7.11 Å². The van der Waals surface area contributed by atoms with Crippen LogP contribution in [0.25, 0.3) is 5.69 Å². The third kappa shape index (κ3) is 3.28. The predicted octanol–water partition coefficient (Wildman–Crippen LogP) is 5.09. The monoisotopic (exact) mass is 421 g/mol. The minimum atomic E-state index is 0.0114. The van der Waals surface area contributed by atoms with Gasteiger partial charge in [0.25, 0.3) is 5.91 Å². The standard InChI is InChI=1S/C26H35N3O2/c1-25(2)17-14-15-26(3,16-17)24(25)27-23(30)22-20-8-6-5-7-9-21(20)29(28-22)18-10-12-19(31-4)13-11-18/h10-13,17,24H,5-9,14-16H2,1-4H3,(H,27,30). The molecule has 3 unspecified atom stereocenters. The number of benzene rings is 1. The minimum Gasteiger partial charge on any atom is -0.497 e. The Kier molecular flexibility index (Phi) is 4.91. The summed E-state index contributed by atoms with van der Waals surface area (Å²) in [4.78, 5) is 13.6. The van der Waals surface area contributed by atoms with Crippen molar-refractivity contribution in [3.8, 4) is 11.4 Å². The van der Waals surface area contributed by atoms with E-state index in [9.17, 15) is 4.79 Å². The van der Waals surface area contributed by atoms with Crippen LogP contribution in [0.2, 0.25) is 0 Å². The van der Waals surface area contributed by atoms with Crippen LogP contribution >= 0.6 is 0 Å². The van der Waals surface area contributed by atoms with Gasteiger partial charge in [-0.15, -0.1) is 0 Å². The van der Waals surface area contributed by atoms with Gasteiger partial charge < -0.3 is 10.1 Å². The molecule has 5 heteroatoms. The Bertz CT molecular complexity index is 986. The Morgan fingerprint density at radius 2 is 1.87 bits per heavy atom. The van der Waals surface area contributed by atoms with E-state index in [0.717, 1.165) is 42.7 Å². The highest BCUT2D eigenvalue weighted by Gasteiger charge is 2.59. The van der Waals surface area contributed by atoms with E-state index in [-0.39, 0.29) is 22.8 Å². The van der Waals surface area contributed by atoms with E-state index in [0.29, 0.717) is 11.6 Å². The summed E-state index contributed by atoms with van der Waals surface area (Å²) in [5.74, 6) is 1.54. The van der Waals surface area contributed by atoms with Crippen molar-refractivity contribution in [1.29, 1.82) is 0 Å².